The lowest BCUT2D eigenvalue weighted by Gasteiger charge is -2.12. The first-order valence-corrected chi connectivity index (χ1v) is 5.34. The maximum atomic E-state index is 10.3. The first kappa shape index (κ1) is 10.8. The molecule has 0 spiro atoms. The molecule has 0 saturated heterocycles. The molecule has 1 aromatic carbocycles. The van der Waals surface area contributed by atoms with E-state index in [0.717, 1.165) is 30.3 Å². The molecule has 2 rings (SSSR count). The number of aldehydes is 1. The number of hydrogen-bond donors (Lipinski definition) is 1. The van der Waals surface area contributed by atoms with Gasteiger partial charge in [0.2, 0.25) is 0 Å². The van der Waals surface area contributed by atoms with E-state index in [-0.39, 0.29) is 0 Å². The second kappa shape index (κ2) is 4.90. The number of rotatable bonds is 5. The number of hydrogen-bond acceptors (Lipinski definition) is 3. The Labute approximate surface area is 94.3 Å². The molecule has 0 atom stereocenters. The van der Waals surface area contributed by atoms with Gasteiger partial charge < -0.3 is 9.78 Å². The SMILES string of the molecule is CN(CC=O)CCc1ccc2nc[nH]c2c1. The molecule has 84 valence electrons. The highest BCUT2D eigenvalue weighted by atomic mass is 16.1. The second-order valence-electron chi connectivity index (χ2n) is 3.93. The fourth-order valence-corrected chi connectivity index (χ4v) is 1.68. The Hall–Kier alpha value is -1.68. The number of nitrogens with zero attached hydrogens (tertiary/aromatic N) is 2. The van der Waals surface area contributed by atoms with Crippen molar-refractivity contribution in [1.82, 2.24) is 14.9 Å². The molecule has 1 aromatic heterocycles. The number of fused-ring (bicyclic) bond motifs is 1. The van der Waals surface area contributed by atoms with E-state index in [2.05, 4.69) is 22.1 Å². The van der Waals surface area contributed by atoms with Crippen LogP contribution in [0.3, 0.4) is 0 Å². The summed E-state index contributed by atoms with van der Waals surface area (Å²) in [5, 5.41) is 0. The standard InChI is InChI=1S/C12H15N3O/c1-15(6-7-16)5-4-10-2-3-11-12(8-10)14-9-13-11/h2-3,7-9H,4-6H2,1H3,(H,13,14). The van der Waals surface area contributed by atoms with Gasteiger partial charge in [-0.05, 0) is 31.2 Å². The number of H-pyrrole nitrogens is 1. The minimum Gasteiger partial charge on any atom is -0.345 e. The Morgan fingerprint density at radius 1 is 1.50 bits per heavy atom. The Bertz CT molecular complexity index is 478. The number of benzene rings is 1. The quantitative estimate of drug-likeness (QED) is 0.766. The Morgan fingerprint density at radius 3 is 3.19 bits per heavy atom. The molecule has 2 aromatic rings. The number of aromatic amines is 1. The normalized spacial score (nSPS) is 11.1. The maximum Gasteiger partial charge on any atom is 0.133 e. The molecule has 1 N–H and O–H groups in total. The molecule has 4 nitrogen and oxygen atoms in total. The summed E-state index contributed by atoms with van der Waals surface area (Å²) in [4.78, 5) is 19.6. The lowest BCUT2D eigenvalue weighted by molar-refractivity contribution is -0.108. The summed E-state index contributed by atoms with van der Waals surface area (Å²) in [5.41, 5.74) is 3.31. The summed E-state index contributed by atoms with van der Waals surface area (Å²) in [7, 11) is 1.95. The fraction of sp³-hybridized carbons (Fsp3) is 0.333. The number of aromatic nitrogens is 2. The zero-order valence-corrected chi connectivity index (χ0v) is 9.31. The van der Waals surface area contributed by atoms with Crippen LogP contribution in [-0.2, 0) is 11.2 Å². The minimum absolute atomic E-state index is 0.492. The van der Waals surface area contributed by atoms with Gasteiger partial charge in [0.25, 0.3) is 0 Å². The molecular weight excluding hydrogens is 202 g/mol. The highest BCUT2D eigenvalue weighted by molar-refractivity contribution is 5.75. The predicted octanol–water partition coefficient (Wildman–Crippen LogP) is 1.24. The molecule has 0 bridgehead atoms. The van der Waals surface area contributed by atoms with E-state index in [4.69, 9.17) is 0 Å². The average molecular weight is 217 g/mol. The molecule has 4 heteroatoms. The summed E-state index contributed by atoms with van der Waals surface area (Å²) >= 11 is 0. The summed E-state index contributed by atoms with van der Waals surface area (Å²) in [6.45, 7) is 1.38. The molecular formula is C12H15N3O. The third-order valence-corrected chi connectivity index (χ3v) is 2.65. The Morgan fingerprint density at radius 2 is 2.38 bits per heavy atom. The van der Waals surface area contributed by atoms with Crippen molar-refractivity contribution in [2.75, 3.05) is 20.1 Å². The van der Waals surface area contributed by atoms with Crippen molar-refractivity contribution in [3.05, 3.63) is 30.1 Å². The average Bonchev–Trinajstić information content (AvgIpc) is 2.74. The first-order chi connectivity index (χ1) is 7.79. The van der Waals surface area contributed by atoms with Crippen molar-refractivity contribution < 1.29 is 4.79 Å². The minimum atomic E-state index is 0.492. The van der Waals surface area contributed by atoms with Crippen LogP contribution in [0, 0.1) is 0 Å². The van der Waals surface area contributed by atoms with Crippen molar-refractivity contribution >= 4 is 17.3 Å². The van der Waals surface area contributed by atoms with Gasteiger partial charge in [-0.1, -0.05) is 6.07 Å². The van der Waals surface area contributed by atoms with Crippen LogP contribution in [0.15, 0.2) is 24.5 Å². The van der Waals surface area contributed by atoms with E-state index in [0.29, 0.717) is 6.54 Å². The van der Waals surface area contributed by atoms with E-state index < -0.39 is 0 Å². The van der Waals surface area contributed by atoms with E-state index in [1.165, 1.54) is 5.56 Å². The van der Waals surface area contributed by atoms with Crippen LogP contribution >= 0.6 is 0 Å². The molecule has 0 aliphatic heterocycles. The van der Waals surface area contributed by atoms with E-state index in [1.807, 2.05) is 18.0 Å². The molecule has 0 fully saturated rings. The van der Waals surface area contributed by atoms with Crippen LogP contribution in [0.25, 0.3) is 11.0 Å². The van der Waals surface area contributed by atoms with E-state index in [1.54, 1.807) is 6.33 Å². The molecule has 0 unspecified atom stereocenters. The number of imidazole rings is 1. The van der Waals surface area contributed by atoms with Crippen molar-refractivity contribution in [3.63, 3.8) is 0 Å². The summed E-state index contributed by atoms with van der Waals surface area (Å²) in [6.07, 6.45) is 3.57. The lowest BCUT2D eigenvalue weighted by Crippen LogP contribution is -2.23. The topological polar surface area (TPSA) is 49.0 Å². The van der Waals surface area contributed by atoms with Gasteiger partial charge in [-0.15, -0.1) is 0 Å². The Balaban J connectivity index is 2.01. The van der Waals surface area contributed by atoms with Crippen LogP contribution in [0.2, 0.25) is 0 Å². The van der Waals surface area contributed by atoms with Gasteiger partial charge in [-0.3, -0.25) is 4.90 Å². The zero-order chi connectivity index (χ0) is 11.4. The molecule has 0 saturated carbocycles. The van der Waals surface area contributed by atoms with Gasteiger partial charge in [-0.2, -0.15) is 0 Å². The van der Waals surface area contributed by atoms with E-state index in [9.17, 15) is 4.79 Å². The number of likely N-dealkylation sites (N-methyl/N-ethyl adjacent to an activating group) is 1. The van der Waals surface area contributed by atoms with Crippen molar-refractivity contribution in [1.29, 1.82) is 0 Å². The molecule has 0 amide bonds. The lowest BCUT2D eigenvalue weighted by atomic mass is 10.1. The number of nitrogens with one attached hydrogen (secondary N) is 1. The summed E-state index contributed by atoms with van der Waals surface area (Å²) in [5.74, 6) is 0. The molecule has 0 radical (unpaired) electrons. The monoisotopic (exact) mass is 217 g/mol. The van der Waals surface area contributed by atoms with Crippen LogP contribution in [0.1, 0.15) is 5.56 Å². The van der Waals surface area contributed by atoms with Gasteiger partial charge >= 0.3 is 0 Å². The molecule has 1 heterocycles. The summed E-state index contributed by atoms with van der Waals surface area (Å²) in [6, 6.07) is 6.20. The largest absolute Gasteiger partial charge is 0.345 e. The Kier molecular flexibility index (Phi) is 3.31. The van der Waals surface area contributed by atoms with Gasteiger partial charge in [0.05, 0.1) is 23.9 Å². The maximum absolute atomic E-state index is 10.3. The summed E-state index contributed by atoms with van der Waals surface area (Å²) < 4.78 is 0. The van der Waals surface area contributed by atoms with Crippen LogP contribution < -0.4 is 0 Å². The van der Waals surface area contributed by atoms with Crippen LogP contribution in [-0.4, -0.2) is 41.3 Å². The van der Waals surface area contributed by atoms with Gasteiger partial charge in [0.1, 0.15) is 6.29 Å². The van der Waals surface area contributed by atoms with Crippen molar-refractivity contribution in [2.45, 2.75) is 6.42 Å². The second-order valence-corrected chi connectivity index (χ2v) is 3.93. The van der Waals surface area contributed by atoms with Gasteiger partial charge in [-0.25, -0.2) is 4.98 Å². The van der Waals surface area contributed by atoms with Gasteiger partial charge in [0, 0.05) is 6.54 Å². The molecule has 0 aliphatic carbocycles. The third-order valence-electron chi connectivity index (χ3n) is 2.65. The smallest absolute Gasteiger partial charge is 0.133 e. The third kappa shape index (κ3) is 2.46. The highest BCUT2D eigenvalue weighted by Crippen LogP contribution is 2.12. The number of carbonyl (C=O) groups excluding carboxylic acids is 1. The van der Waals surface area contributed by atoms with E-state index >= 15 is 0 Å². The fourth-order valence-electron chi connectivity index (χ4n) is 1.68. The molecule has 16 heavy (non-hydrogen) atoms. The van der Waals surface area contributed by atoms with Crippen molar-refractivity contribution in [3.8, 4) is 0 Å². The highest BCUT2D eigenvalue weighted by Gasteiger charge is 2.01. The number of carbonyl (C=O) groups is 1. The zero-order valence-electron chi connectivity index (χ0n) is 9.31. The first-order valence-electron chi connectivity index (χ1n) is 5.34. The van der Waals surface area contributed by atoms with Crippen LogP contribution in [0.5, 0.6) is 0 Å². The van der Waals surface area contributed by atoms with Gasteiger partial charge in [0.15, 0.2) is 0 Å². The van der Waals surface area contributed by atoms with Crippen LogP contribution in [0.4, 0.5) is 0 Å². The molecule has 0 aliphatic rings. The van der Waals surface area contributed by atoms with Crippen molar-refractivity contribution in [2.24, 2.45) is 0 Å². The predicted molar refractivity (Wildman–Crippen MR) is 63.4 cm³/mol.